The quantitative estimate of drug-likeness (QED) is 0.161. The Balaban J connectivity index is 1.71. The number of carbonyl (C=O) groups excluding carboxylic acids is 1. The Kier molecular flexibility index (Phi) is 10.9. The van der Waals surface area contributed by atoms with Crippen LogP contribution in [0.3, 0.4) is 0 Å². The number of hydrogen-bond donors (Lipinski definition) is 1. The molecule has 1 amide bonds. The van der Waals surface area contributed by atoms with Crippen molar-refractivity contribution in [3.63, 3.8) is 0 Å². The molecule has 4 rings (SSSR count). The molecule has 1 fully saturated rings. The number of piperidine rings is 1. The summed E-state index contributed by atoms with van der Waals surface area (Å²) in [4.78, 5) is 16.6. The molecule has 5 nitrogen and oxygen atoms in total. The van der Waals surface area contributed by atoms with Gasteiger partial charge in [0.15, 0.2) is 0 Å². The van der Waals surface area contributed by atoms with E-state index in [0.29, 0.717) is 48.9 Å². The van der Waals surface area contributed by atoms with Crippen LogP contribution in [0.25, 0.3) is 0 Å². The van der Waals surface area contributed by atoms with Crippen LogP contribution in [0.4, 0.5) is 0 Å². The van der Waals surface area contributed by atoms with Crippen molar-refractivity contribution >= 4 is 29.1 Å². The van der Waals surface area contributed by atoms with Crippen molar-refractivity contribution in [3.8, 4) is 5.75 Å². The topological polar surface area (TPSA) is 59.0 Å². The molecule has 1 saturated heterocycles. The van der Waals surface area contributed by atoms with Crippen LogP contribution in [0.5, 0.6) is 5.75 Å². The molecule has 4 unspecified atom stereocenters. The highest BCUT2D eigenvalue weighted by Gasteiger charge is 2.52. The van der Waals surface area contributed by atoms with Gasteiger partial charge in [-0.25, -0.2) is 0 Å². The van der Waals surface area contributed by atoms with Crippen LogP contribution in [-0.2, 0) is 16.1 Å². The van der Waals surface area contributed by atoms with Gasteiger partial charge in [-0.2, -0.15) is 0 Å². The lowest BCUT2D eigenvalue weighted by atomic mass is 9.64. The largest absolute Gasteiger partial charge is 0.497 e. The third kappa shape index (κ3) is 7.15. The third-order valence-electron chi connectivity index (χ3n) is 8.23. The fourth-order valence-corrected chi connectivity index (χ4v) is 6.37. The first kappa shape index (κ1) is 31.1. The van der Waals surface area contributed by atoms with Gasteiger partial charge in [-0.15, -0.1) is 6.58 Å². The number of benzene rings is 3. The SMILES string of the molecule is C=CCC1(CCOCc2ccc(OC)cc2)CC(c2cccc(Cl)c2)C(c2ccc(Cl)cc2)N(C(CC)CO)C1=O. The van der Waals surface area contributed by atoms with Gasteiger partial charge in [0.1, 0.15) is 5.75 Å². The van der Waals surface area contributed by atoms with Crippen molar-refractivity contribution in [2.24, 2.45) is 5.41 Å². The van der Waals surface area contributed by atoms with Crippen molar-refractivity contribution in [1.82, 2.24) is 4.90 Å². The minimum Gasteiger partial charge on any atom is -0.497 e. The minimum absolute atomic E-state index is 0.0181. The smallest absolute Gasteiger partial charge is 0.230 e. The molecule has 0 aromatic heterocycles. The summed E-state index contributed by atoms with van der Waals surface area (Å²) in [6.45, 7) is 6.74. The van der Waals surface area contributed by atoms with Gasteiger partial charge in [0, 0.05) is 22.6 Å². The van der Waals surface area contributed by atoms with E-state index in [-0.39, 0.29) is 30.5 Å². The summed E-state index contributed by atoms with van der Waals surface area (Å²) in [6.07, 6.45) is 4.07. The van der Waals surface area contributed by atoms with Crippen LogP contribution < -0.4 is 4.74 Å². The monoisotopic (exact) mass is 595 g/mol. The van der Waals surface area contributed by atoms with Gasteiger partial charge in [0.25, 0.3) is 0 Å². The van der Waals surface area contributed by atoms with Gasteiger partial charge < -0.3 is 19.5 Å². The summed E-state index contributed by atoms with van der Waals surface area (Å²) in [7, 11) is 1.64. The molecule has 0 radical (unpaired) electrons. The Morgan fingerprint density at radius 3 is 2.41 bits per heavy atom. The van der Waals surface area contributed by atoms with Gasteiger partial charge in [-0.1, -0.05) is 72.6 Å². The molecule has 0 saturated carbocycles. The number of likely N-dealkylation sites (tertiary alicyclic amines) is 1. The maximum atomic E-state index is 14.7. The molecule has 1 N–H and O–H groups in total. The number of methoxy groups -OCH3 is 1. The molecular weight excluding hydrogens is 557 g/mol. The molecular formula is C34H39Cl2NO4. The lowest BCUT2D eigenvalue weighted by molar-refractivity contribution is -0.159. The zero-order valence-electron chi connectivity index (χ0n) is 23.8. The molecule has 1 aliphatic heterocycles. The second kappa shape index (κ2) is 14.4. The number of halogens is 2. The Bertz CT molecular complexity index is 1290. The average molecular weight is 597 g/mol. The van der Waals surface area contributed by atoms with Crippen molar-refractivity contribution in [2.45, 2.75) is 57.2 Å². The Morgan fingerprint density at radius 2 is 1.80 bits per heavy atom. The van der Waals surface area contributed by atoms with E-state index in [0.717, 1.165) is 22.4 Å². The van der Waals surface area contributed by atoms with Crippen molar-refractivity contribution in [1.29, 1.82) is 0 Å². The highest BCUT2D eigenvalue weighted by molar-refractivity contribution is 6.30. The number of ether oxygens (including phenoxy) is 2. The Morgan fingerprint density at radius 1 is 1.07 bits per heavy atom. The van der Waals surface area contributed by atoms with E-state index in [4.69, 9.17) is 32.7 Å². The fraction of sp³-hybridized carbons (Fsp3) is 0.382. The molecule has 3 aromatic carbocycles. The highest BCUT2D eigenvalue weighted by Crippen LogP contribution is 2.53. The Labute approximate surface area is 253 Å². The summed E-state index contributed by atoms with van der Waals surface area (Å²) >= 11 is 12.7. The lowest BCUT2D eigenvalue weighted by Crippen LogP contribution is -2.57. The van der Waals surface area contributed by atoms with Crippen molar-refractivity contribution in [2.75, 3.05) is 20.3 Å². The van der Waals surface area contributed by atoms with Crippen LogP contribution in [0.1, 0.15) is 61.3 Å². The first-order chi connectivity index (χ1) is 19.9. The number of allylic oxidation sites excluding steroid dienone is 1. The van der Waals surface area contributed by atoms with Crippen molar-refractivity contribution < 1.29 is 19.4 Å². The summed E-state index contributed by atoms with van der Waals surface area (Å²) in [5, 5.41) is 11.8. The molecule has 0 bridgehead atoms. The predicted octanol–water partition coefficient (Wildman–Crippen LogP) is 8.00. The van der Waals surface area contributed by atoms with Gasteiger partial charge in [0.2, 0.25) is 5.91 Å². The van der Waals surface area contributed by atoms with E-state index >= 15 is 0 Å². The van der Waals surface area contributed by atoms with Gasteiger partial charge in [-0.3, -0.25) is 4.79 Å². The second-order valence-electron chi connectivity index (χ2n) is 10.7. The number of aliphatic hydroxyl groups is 1. The summed E-state index contributed by atoms with van der Waals surface area (Å²) in [5.74, 6) is 0.738. The van der Waals surface area contributed by atoms with E-state index in [2.05, 4.69) is 12.6 Å². The second-order valence-corrected chi connectivity index (χ2v) is 11.6. The van der Waals surface area contributed by atoms with E-state index in [9.17, 15) is 9.90 Å². The van der Waals surface area contributed by atoms with Crippen LogP contribution in [0, 0.1) is 5.41 Å². The molecule has 1 heterocycles. The number of amides is 1. The van der Waals surface area contributed by atoms with E-state index in [1.165, 1.54) is 0 Å². The lowest BCUT2D eigenvalue weighted by Gasteiger charge is -2.53. The molecule has 0 spiro atoms. The molecule has 41 heavy (non-hydrogen) atoms. The first-order valence-electron chi connectivity index (χ1n) is 14.1. The number of nitrogens with zero attached hydrogens (tertiary/aromatic N) is 1. The molecule has 7 heteroatoms. The standard InChI is InChI=1S/C34H39Cl2NO4/c1-4-17-34(18-19-41-23-24-9-15-30(40-3)16-10-24)21-31(26-7-6-8-28(36)20-26)32(25-11-13-27(35)14-12-25)37(33(34)39)29(5-2)22-38/h4,6-16,20,29,31-32,38H,1,5,17-19,21-23H2,2-3H3. The zero-order chi connectivity index (χ0) is 29.4. The summed E-state index contributed by atoms with van der Waals surface area (Å²) in [5.41, 5.74) is 2.31. The molecule has 218 valence electrons. The van der Waals surface area contributed by atoms with E-state index in [1.54, 1.807) is 7.11 Å². The fourth-order valence-electron chi connectivity index (χ4n) is 6.05. The maximum Gasteiger partial charge on any atom is 0.230 e. The molecule has 0 aliphatic carbocycles. The minimum atomic E-state index is -0.750. The highest BCUT2D eigenvalue weighted by atomic mass is 35.5. The Hall–Kier alpha value is -2.83. The van der Waals surface area contributed by atoms with Crippen LogP contribution in [0.2, 0.25) is 10.0 Å². The van der Waals surface area contributed by atoms with E-state index < -0.39 is 5.41 Å². The number of carbonyl (C=O) groups is 1. The predicted molar refractivity (Wildman–Crippen MR) is 166 cm³/mol. The van der Waals surface area contributed by atoms with Crippen LogP contribution in [0.15, 0.2) is 85.5 Å². The average Bonchev–Trinajstić information content (AvgIpc) is 2.99. The maximum absolute atomic E-state index is 14.7. The summed E-state index contributed by atoms with van der Waals surface area (Å²) in [6, 6.07) is 22.7. The first-order valence-corrected chi connectivity index (χ1v) is 14.9. The van der Waals surface area contributed by atoms with Gasteiger partial charge >= 0.3 is 0 Å². The van der Waals surface area contributed by atoms with Crippen molar-refractivity contribution in [3.05, 3.63) is 112 Å². The van der Waals surface area contributed by atoms with Gasteiger partial charge in [-0.05, 0) is 78.8 Å². The number of rotatable bonds is 13. The number of hydrogen-bond acceptors (Lipinski definition) is 4. The molecule has 1 aliphatic rings. The van der Waals surface area contributed by atoms with Crippen LogP contribution >= 0.6 is 23.2 Å². The van der Waals surface area contributed by atoms with E-state index in [1.807, 2.05) is 84.6 Å². The number of aliphatic hydroxyl groups excluding tert-OH is 1. The van der Waals surface area contributed by atoms with Crippen LogP contribution in [-0.4, -0.2) is 42.3 Å². The normalized spacial score (nSPS) is 21.5. The van der Waals surface area contributed by atoms with Gasteiger partial charge in [0.05, 0.1) is 37.8 Å². The summed E-state index contributed by atoms with van der Waals surface area (Å²) < 4.78 is 11.4. The molecule has 4 atom stereocenters. The third-order valence-corrected chi connectivity index (χ3v) is 8.72. The molecule has 3 aromatic rings. The zero-order valence-corrected chi connectivity index (χ0v) is 25.3.